The van der Waals surface area contributed by atoms with Gasteiger partial charge in [0.2, 0.25) is 0 Å². The van der Waals surface area contributed by atoms with Gasteiger partial charge >= 0.3 is 0 Å². The number of nitrogens with zero attached hydrogens (tertiary/aromatic N) is 4. The molecule has 0 bridgehead atoms. The zero-order valence-electron chi connectivity index (χ0n) is 14.7. The van der Waals surface area contributed by atoms with Crippen molar-refractivity contribution < 1.29 is 0 Å². The second-order valence-corrected chi connectivity index (χ2v) is 8.29. The van der Waals surface area contributed by atoms with Crippen molar-refractivity contribution in [1.82, 2.24) is 19.9 Å². The SMILES string of the molecule is c1cncc(Sc2ccnc3c2ccc2c(Sc4cccnc4)ccnc23)c1. The van der Waals surface area contributed by atoms with E-state index in [2.05, 4.69) is 44.2 Å². The number of benzene rings is 1. The normalized spacial score (nSPS) is 11.1. The number of aromatic nitrogens is 4. The lowest BCUT2D eigenvalue weighted by Gasteiger charge is -2.10. The molecule has 0 fully saturated rings. The fraction of sp³-hybridized carbons (Fsp3) is 0. The summed E-state index contributed by atoms with van der Waals surface area (Å²) in [6.45, 7) is 0. The molecule has 0 saturated heterocycles. The van der Waals surface area contributed by atoms with E-state index in [0.717, 1.165) is 41.4 Å². The zero-order valence-corrected chi connectivity index (χ0v) is 16.3. The zero-order chi connectivity index (χ0) is 18.8. The molecule has 0 aliphatic rings. The van der Waals surface area contributed by atoms with E-state index >= 15 is 0 Å². The molecule has 5 aromatic rings. The Bertz CT molecular complexity index is 1160. The summed E-state index contributed by atoms with van der Waals surface area (Å²) < 4.78 is 0. The van der Waals surface area contributed by atoms with Crippen LogP contribution in [-0.2, 0) is 0 Å². The smallest absolute Gasteiger partial charge is 0.0976 e. The lowest BCUT2D eigenvalue weighted by atomic mass is 10.1. The van der Waals surface area contributed by atoms with Crippen LogP contribution in [-0.4, -0.2) is 19.9 Å². The van der Waals surface area contributed by atoms with Gasteiger partial charge in [-0.2, -0.15) is 0 Å². The molecule has 0 spiro atoms. The topological polar surface area (TPSA) is 51.6 Å². The second-order valence-electron chi connectivity index (χ2n) is 6.06. The highest BCUT2D eigenvalue weighted by Gasteiger charge is 2.11. The number of rotatable bonds is 4. The number of pyridine rings is 4. The summed E-state index contributed by atoms with van der Waals surface area (Å²) in [5, 5.41) is 2.19. The van der Waals surface area contributed by atoms with Crippen molar-refractivity contribution in [2.24, 2.45) is 0 Å². The van der Waals surface area contributed by atoms with Gasteiger partial charge in [0.15, 0.2) is 0 Å². The van der Waals surface area contributed by atoms with Gasteiger partial charge in [0.1, 0.15) is 0 Å². The summed E-state index contributed by atoms with van der Waals surface area (Å²) >= 11 is 3.38. The monoisotopic (exact) mass is 398 g/mol. The van der Waals surface area contributed by atoms with Crippen molar-refractivity contribution in [1.29, 1.82) is 0 Å². The molecule has 134 valence electrons. The lowest BCUT2D eigenvalue weighted by Crippen LogP contribution is -1.89. The summed E-state index contributed by atoms with van der Waals surface area (Å²) in [7, 11) is 0. The van der Waals surface area contributed by atoms with E-state index in [9.17, 15) is 0 Å². The van der Waals surface area contributed by atoms with Crippen LogP contribution in [0.5, 0.6) is 0 Å². The quantitative estimate of drug-likeness (QED) is 0.353. The molecule has 0 radical (unpaired) electrons. The molecule has 6 heteroatoms. The predicted molar refractivity (Wildman–Crippen MR) is 114 cm³/mol. The van der Waals surface area contributed by atoms with Crippen LogP contribution < -0.4 is 0 Å². The van der Waals surface area contributed by atoms with Crippen molar-refractivity contribution in [2.45, 2.75) is 19.6 Å². The standard InChI is InChI=1S/C22H14N4S2/c1-3-15(13-23-9-1)27-19-7-11-25-21-17(19)5-6-18-20(8-12-26-22(18)21)28-16-4-2-10-24-14-16/h1-14H. The van der Waals surface area contributed by atoms with E-state index in [0.29, 0.717) is 0 Å². The van der Waals surface area contributed by atoms with Gasteiger partial charge in [-0.05, 0) is 36.4 Å². The maximum Gasteiger partial charge on any atom is 0.0976 e. The molecular weight excluding hydrogens is 384 g/mol. The van der Waals surface area contributed by atoms with E-state index in [1.54, 1.807) is 35.9 Å². The van der Waals surface area contributed by atoms with Crippen LogP contribution in [0.25, 0.3) is 21.8 Å². The maximum absolute atomic E-state index is 4.65. The average molecular weight is 399 g/mol. The molecule has 4 nitrogen and oxygen atoms in total. The Kier molecular flexibility index (Phi) is 4.64. The summed E-state index contributed by atoms with van der Waals surface area (Å²) in [6.07, 6.45) is 11.0. The van der Waals surface area contributed by atoms with Gasteiger partial charge in [-0.25, -0.2) is 0 Å². The Morgan fingerprint density at radius 3 is 1.46 bits per heavy atom. The molecular formula is C22H14N4S2. The first kappa shape index (κ1) is 17.2. The fourth-order valence-corrected chi connectivity index (χ4v) is 4.86. The van der Waals surface area contributed by atoms with Crippen LogP contribution in [0.2, 0.25) is 0 Å². The summed E-state index contributed by atoms with van der Waals surface area (Å²) in [6, 6.07) is 16.4. The molecule has 4 heterocycles. The highest BCUT2D eigenvalue weighted by atomic mass is 32.2. The van der Waals surface area contributed by atoms with Gasteiger partial charge in [0, 0.05) is 67.5 Å². The van der Waals surface area contributed by atoms with Crippen molar-refractivity contribution in [3.63, 3.8) is 0 Å². The maximum atomic E-state index is 4.65. The summed E-state index contributed by atoms with van der Waals surface area (Å²) in [5.41, 5.74) is 1.83. The minimum Gasteiger partial charge on any atom is -0.264 e. The first-order valence-corrected chi connectivity index (χ1v) is 10.3. The highest BCUT2D eigenvalue weighted by Crippen LogP contribution is 2.38. The molecule has 0 aliphatic heterocycles. The van der Waals surface area contributed by atoms with Gasteiger partial charge in [-0.3, -0.25) is 19.9 Å². The van der Waals surface area contributed by atoms with E-state index in [1.165, 1.54) is 0 Å². The molecule has 4 aromatic heterocycles. The molecule has 0 saturated carbocycles. The largest absolute Gasteiger partial charge is 0.264 e. The summed E-state index contributed by atoms with van der Waals surface area (Å²) in [5.74, 6) is 0. The van der Waals surface area contributed by atoms with Crippen LogP contribution in [0.4, 0.5) is 0 Å². The third-order valence-corrected chi connectivity index (χ3v) is 6.37. The first-order valence-electron chi connectivity index (χ1n) is 8.71. The van der Waals surface area contributed by atoms with Crippen molar-refractivity contribution in [2.75, 3.05) is 0 Å². The molecule has 0 aliphatic carbocycles. The first-order chi connectivity index (χ1) is 13.9. The lowest BCUT2D eigenvalue weighted by molar-refractivity contribution is 1.23. The van der Waals surface area contributed by atoms with Crippen LogP contribution in [0.3, 0.4) is 0 Å². The number of hydrogen-bond donors (Lipinski definition) is 0. The fourth-order valence-electron chi connectivity index (χ4n) is 3.02. The Morgan fingerprint density at radius 1 is 0.536 bits per heavy atom. The second kappa shape index (κ2) is 7.58. The number of fused-ring (bicyclic) bond motifs is 3. The Morgan fingerprint density at radius 2 is 1.04 bits per heavy atom. The Balaban J connectivity index is 1.62. The van der Waals surface area contributed by atoms with Crippen LogP contribution >= 0.6 is 23.5 Å². The van der Waals surface area contributed by atoms with E-state index < -0.39 is 0 Å². The van der Waals surface area contributed by atoms with Gasteiger partial charge < -0.3 is 0 Å². The molecule has 0 N–H and O–H groups in total. The van der Waals surface area contributed by atoms with Gasteiger partial charge in [-0.1, -0.05) is 35.7 Å². The number of hydrogen-bond acceptors (Lipinski definition) is 6. The summed E-state index contributed by atoms with van der Waals surface area (Å²) in [4.78, 5) is 22.2. The average Bonchev–Trinajstić information content (AvgIpc) is 2.75. The van der Waals surface area contributed by atoms with Crippen LogP contribution in [0, 0.1) is 0 Å². The third kappa shape index (κ3) is 3.32. The van der Waals surface area contributed by atoms with Gasteiger partial charge in [0.25, 0.3) is 0 Å². The van der Waals surface area contributed by atoms with Crippen LogP contribution in [0.15, 0.2) is 105 Å². The van der Waals surface area contributed by atoms with E-state index in [1.807, 2.05) is 49.1 Å². The van der Waals surface area contributed by atoms with Crippen molar-refractivity contribution in [3.05, 3.63) is 85.7 Å². The minimum absolute atomic E-state index is 0.917. The molecule has 0 unspecified atom stereocenters. The van der Waals surface area contributed by atoms with E-state index in [-0.39, 0.29) is 0 Å². The third-order valence-electron chi connectivity index (χ3n) is 4.27. The predicted octanol–water partition coefficient (Wildman–Crippen LogP) is 5.88. The van der Waals surface area contributed by atoms with Crippen LogP contribution in [0.1, 0.15) is 0 Å². The minimum atomic E-state index is 0.917. The molecule has 0 atom stereocenters. The molecule has 0 amide bonds. The van der Waals surface area contributed by atoms with E-state index in [4.69, 9.17) is 0 Å². The Labute approximate surface area is 170 Å². The van der Waals surface area contributed by atoms with Crippen molar-refractivity contribution >= 4 is 45.3 Å². The molecule has 5 rings (SSSR count). The highest BCUT2D eigenvalue weighted by molar-refractivity contribution is 7.99. The molecule has 28 heavy (non-hydrogen) atoms. The Hall–Kier alpha value is -2.96. The van der Waals surface area contributed by atoms with Gasteiger partial charge in [-0.15, -0.1) is 0 Å². The van der Waals surface area contributed by atoms with Gasteiger partial charge in [0.05, 0.1) is 11.0 Å². The van der Waals surface area contributed by atoms with Crippen molar-refractivity contribution in [3.8, 4) is 0 Å². The molecule has 1 aromatic carbocycles.